The summed E-state index contributed by atoms with van der Waals surface area (Å²) in [5.41, 5.74) is 2.17. The molecule has 0 atom stereocenters. The molecule has 3 aromatic rings. The third-order valence-electron chi connectivity index (χ3n) is 5.12. The van der Waals surface area contributed by atoms with Gasteiger partial charge in [0.2, 0.25) is 0 Å². The average molecular weight is 414 g/mol. The van der Waals surface area contributed by atoms with E-state index >= 15 is 0 Å². The maximum absolute atomic E-state index is 13.5. The van der Waals surface area contributed by atoms with Crippen LogP contribution in [-0.2, 0) is 6.54 Å². The van der Waals surface area contributed by atoms with E-state index in [2.05, 4.69) is 9.88 Å². The van der Waals surface area contributed by atoms with Crippen LogP contribution in [0.1, 0.15) is 16.1 Å². The van der Waals surface area contributed by atoms with Crippen LogP contribution in [0, 0.1) is 5.82 Å². The van der Waals surface area contributed by atoms with Crippen molar-refractivity contribution >= 4 is 28.4 Å². The van der Waals surface area contributed by atoms with Gasteiger partial charge in [-0.3, -0.25) is 14.7 Å². The average Bonchev–Trinajstić information content (AvgIpc) is 2.73. The Morgan fingerprint density at radius 1 is 1.14 bits per heavy atom. The molecule has 150 valence electrons. The maximum Gasteiger partial charge on any atom is 0.253 e. The molecule has 1 aliphatic rings. The van der Waals surface area contributed by atoms with Crippen LogP contribution in [0.2, 0.25) is 5.02 Å². The second-order valence-corrected chi connectivity index (χ2v) is 7.49. The quantitative estimate of drug-likeness (QED) is 0.648. The van der Waals surface area contributed by atoms with Gasteiger partial charge in [-0.1, -0.05) is 17.7 Å². The van der Waals surface area contributed by atoms with E-state index in [1.165, 1.54) is 12.1 Å². The Bertz CT molecular complexity index is 1050. The van der Waals surface area contributed by atoms with E-state index in [1.54, 1.807) is 37.4 Å². The van der Waals surface area contributed by atoms with Crippen LogP contribution >= 0.6 is 11.6 Å². The lowest BCUT2D eigenvalue weighted by molar-refractivity contribution is 0.0627. The van der Waals surface area contributed by atoms with Crippen LogP contribution < -0.4 is 4.74 Å². The first-order chi connectivity index (χ1) is 14.0. The molecule has 5 nitrogen and oxygen atoms in total. The zero-order valence-electron chi connectivity index (χ0n) is 16.1. The molecule has 1 saturated heterocycles. The number of rotatable bonds is 4. The lowest BCUT2D eigenvalue weighted by Gasteiger charge is -2.34. The molecule has 2 aromatic carbocycles. The van der Waals surface area contributed by atoms with Gasteiger partial charge in [0.15, 0.2) is 0 Å². The minimum atomic E-state index is -0.314. The monoisotopic (exact) mass is 413 g/mol. The SMILES string of the molecule is COc1cc(CN2CCN(C(=O)c3cccc(Cl)c3)CC2)nc2ccc(F)cc12. The van der Waals surface area contributed by atoms with Crippen molar-refractivity contribution in [2.75, 3.05) is 33.3 Å². The number of benzene rings is 2. The van der Waals surface area contributed by atoms with Crippen molar-refractivity contribution in [3.8, 4) is 5.75 Å². The fraction of sp³-hybridized carbons (Fsp3) is 0.273. The number of aromatic nitrogens is 1. The Kier molecular flexibility index (Phi) is 5.65. The summed E-state index contributed by atoms with van der Waals surface area (Å²) in [5, 5.41) is 1.22. The Labute approximate surface area is 173 Å². The molecule has 0 aliphatic carbocycles. The molecule has 0 unspecified atom stereocenters. The van der Waals surface area contributed by atoms with Crippen LogP contribution in [-0.4, -0.2) is 54.0 Å². The molecule has 2 heterocycles. The molecule has 0 bridgehead atoms. The van der Waals surface area contributed by atoms with Gasteiger partial charge in [-0.2, -0.15) is 0 Å². The first-order valence-corrected chi connectivity index (χ1v) is 9.81. The maximum atomic E-state index is 13.5. The van der Waals surface area contributed by atoms with Crippen molar-refractivity contribution in [3.05, 3.63) is 70.6 Å². The summed E-state index contributed by atoms with van der Waals surface area (Å²) in [5.74, 6) is 0.296. The van der Waals surface area contributed by atoms with Crippen molar-refractivity contribution in [3.63, 3.8) is 0 Å². The highest BCUT2D eigenvalue weighted by Gasteiger charge is 2.23. The third kappa shape index (κ3) is 4.33. The number of fused-ring (bicyclic) bond motifs is 1. The van der Waals surface area contributed by atoms with E-state index in [9.17, 15) is 9.18 Å². The van der Waals surface area contributed by atoms with Crippen LogP contribution in [0.4, 0.5) is 4.39 Å². The number of piperazine rings is 1. The molecule has 1 amide bonds. The van der Waals surface area contributed by atoms with Gasteiger partial charge in [-0.25, -0.2) is 4.39 Å². The van der Waals surface area contributed by atoms with Crippen molar-refractivity contribution < 1.29 is 13.9 Å². The fourth-order valence-corrected chi connectivity index (χ4v) is 3.80. The standard InChI is InChI=1S/C22H21ClFN3O2/c1-29-21-13-18(25-20-6-5-17(24)12-19(20)21)14-26-7-9-27(10-8-26)22(28)15-3-2-4-16(23)11-15/h2-6,11-13H,7-10,14H2,1H3. The predicted molar refractivity (Wildman–Crippen MR) is 111 cm³/mol. The summed E-state index contributed by atoms with van der Waals surface area (Å²) < 4.78 is 19.0. The molecule has 0 N–H and O–H groups in total. The minimum Gasteiger partial charge on any atom is -0.496 e. The number of ether oxygens (including phenoxy) is 1. The number of amides is 1. The minimum absolute atomic E-state index is 0.000300. The largest absolute Gasteiger partial charge is 0.496 e. The Hall–Kier alpha value is -2.70. The first-order valence-electron chi connectivity index (χ1n) is 9.44. The van der Waals surface area contributed by atoms with Gasteiger partial charge < -0.3 is 9.64 Å². The molecule has 1 aliphatic heterocycles. The topological polar surface area (TPSA) is 45.7 Å². The summed E-state index contributed by atoms with van der Waals surface area (Å²) in [6, 6.07) is 13.4. The van der Waals surface area contributed by atoms with Crippen molar-refractivity contribution in [1.82, 2.24) is 14.8 Å². The first kappa shape index (κ1) is 19.6. The summed E-state index contributed by atoms with van der Waals surface area (Å²) in [4.78, 5) is 21.4. The number of hydrogen-bond donors (Lipinski definition) is 0. The number of nitrogens with zero attached hydrogens (tertiary/aromatic N) is 3. The Balaban J connectivity index is 1.43. The summed E-state index contributed by atoms with van der Waals surface area (Å²) in [6.45, 7) is 3.42. The second-order valence-electron chi connectivity index (χ2n) is 7.06. The molecule has 7 heteroatoms. The summed E-state index contributed by atoms with van der Waals surface area (Å²) in [7, 11) is 1.57. The van der Waals surface area contributed by atoms with E-state index in [-0.39, 0.29) is 11.7 Å². The Morgan fingerprint density at radius 3 is 2.66 bits per heavy atom. The van der Waals surface area contributed by atoms with Crippen LogP contribution in [0.5, 0.6) is 5.75 Å². The highest BCUT2D eigenvalue weighted by molar-refractivity contribution is 6.30. The van der Waals surface area contributed by atoms with E-state index in [0.29, 0.717) is 46.9 Å². The number of pyridine rings is 1. The lowest BCUT2D eigenvalue weighted by atomic mass is 10.1. The number of hydrogen-bond acceptors (Lipinski definition) is 4. The fourth-order valence-electron chi connectivity index (χ4n) is 3.61. The summed E-state index contributed by atoms with van der Waals surface area (Å²) >= 11 is 6.00. The normalized spacial score (nSPS) is 14.9. The Morgan fingerprint density at radius 2 is 1.93 bits per heavy atom. The van der Waals surface area contributed by atoms with Gasteiger partial charge in [0.1, 0.15) is 11.6 Å². The van der Waals surface area contributed by atoms with Crippen molar-refractivity contribution in [2.45, 2.75) is 6.54 Å². The molecule has 1 aromatic heterocycles. The third-order valence-corrected chi connectivity index (χ3v) is 5.36. The molecule has 0 saturated carbocycles. The van der Waals surface area contributed by atoms with Crippen molar-refractivity contribution in [1.29, 1.82) is 0 Å². The van der Waals surface area contributed by atoms with Crippen LogP contribution in [0.25, 0.3) is 10.9 Å². The number of halogens is 2. The zero-order valence-corrected chi connectivity index (χ0v) is 16.8. The number of carbonyl (C=O) groups is 1. The predicted octanol–water partition coefficient (Wildman–Crippen LogP) is 3.99. The van der Waals surface area contributed by atoms with Gasteiger partial charge >= 0.3 is 0 Å². The molecule has 29 heavy (non-hydrogen) atoms. The molecule has 0 spiro atoms. The molecule has 4 rings (SSSR count). The smallest absolute Gasteiger partial charge is 0.253 e. The molecular formula is C22H21ClFN3O2. The van der Waals surface area contributed by atoms with Gasteiger partial charge in [-0.15, -0.1) is 0 Å². The van der Waals surface area contributed by atoms with Crippen molar-refractivity contribution in [2.24, 2.45) is 0 Å². The number of carbonyl (C=O) groups excluding carboxylic acids is 1. The molecule has 1 fully saturated rings. The number of methoxy groups -OCH3 is 1. The van der Waals surface area contributed by atoms with Gasteiger partial charge in [0.25, 0.3) is 5.91 Å². The van der Waals surface area contributed by atoms with Gasteiger partial charge in [0.05, 0.1) is 18.3 Å². The van der Waals surface area contributed by atoms with Gasteiger partial charge in [0, 0.05) is 54.8 Å². The highest BCUT2D eigenvalue weighted by Crippen LogP contribution is 2.26. The lowest BCUT2D eigenvalue weighted by Crippen LogP contribution is -2.48. The van der Waals surface area contributed by atoms with E-state index in [4.69, 9.17) is 16.3 Å². The zero-order chi connectivity index (χ0) is 20.4. The van der Waals surface area contributed by atoms with E-state index < -0.39 is 0 Å². The second kappa shape index (κ2) is 8.35. The van der Waals surface area contributed by atoms with E-state index in [1.807, 2.05) is 11.0 Å². The van der Waals surface area contributed by atoms with Gasteiger partial charge in [-0.05, 0) is 36.4 Å². The van der Waals surface area contributed by atoms with E-state index in [0.717, 1.165) is 18.8 Å². The van der Waals surface area contributed by atoms with Crippen LogP contribution in [0.3, 0.4) is 0 Å². The molecule has 0 radical (unpaired) electrons. The highest BCUT2D eigenvalue weighted by atomic mass is 35.5. The van der Waals surface area contributed by atoms with Crippen LogP contribution in [0.15, 0.2) is 48.5 Å². The summed E-state index contributed by atoms with van der Waals surface area (Å²) in [6.07, 6.45) is 0. The molecular weight excluding hydrogens is 393 g/mol.